The van der Waals surface area contributed by atoms with Gasteiger partial charge >= 0.3 is 0 Å². The van der Waals surface area contributed by atoms with Crippen LogP contribution in [0.3, 0.4) is 0 Å². The number of piperazine rings is 1. The van der Waals surface area contributed by atoms with Crippen molar-refractivity contribution in [2.45, 2.75) is 52.2 Å². The van der Waals surface area contributed by atoms with Crippen LogP contribution in [0.5, 0.6) is 0 Å². The molecular weight excluding hydrogens is 256 g/mol. The van der Waals surface area contributed by atoms with Gasteiger partial charge in [-0.25, -0.2) is 0 Å². The van der Waals surface area contributed by atoms with E-state index in [4.69, 9.17) is 0 Å². The van der Waals surface area contributed by atoms with Gasteiger partial charge in [-0.15, -0.1) is 0 Å². The molecule has 112 valence electrons. The van der Waals surface area contributed by atoms with Crippen LogP contribution in [0.15, 0.2) is 0 Å². The van der Waals surface area contributed by atoms with Crippen LogP contribution in [0, 0.1) is 5.41 Å². The van der Waals surface area contributed by atoms with Crippen LogP contribution in [-0.4, -0.2) is 53.2 Å². The quantitative estimate of drug-likeness (QED) is 0.803. The zero-order valence-electron chi connectivity index (χ0n) is 13.2. The van der Waals surface area contributed by atoms with Crippen molar-refractivity contribution in [3.63, 3.8) is 0 Å². The fraction of sp³-hybridized carbons (Fsp3) is 0.933. The molecule has 0 atom stereocenters. The van der Waals surface area contributed by atoms with Crippen LogP contribution in [0.4, 0.5) is 0 Å². The van der Waals surface area contributed by atoms with E-state index in [1.165, 1.54) is 0 Å². The van der Waals surface area contributed by atoms with E-state index >= 15 is 0 Å². The van der Waals surface area contributed by atoms with Gasteiger partial charge in [-0.3, -0.25) is 9.69 Å². The van der Waals surface area contributed by atoms with Crippen LogP contribution in [-0.2, 0) is 4.79 Å². The second-order valence-electron chi connectivity index (χ2n) is 7.53. The standard InChI is InChI=1S/C15H30N2OS/c1-14(2,3)12-16-8-10-17(11-9-16)13(18)6-7-15(4,5)19/h19H,6-12H2,1-5H3. The summed E-state index contributed by atoms with van der Waals surface area (Å²) < 4.78 is -0.0519. The Morgan fingerprint density at radius 2 is 1.58 bits per heavy atom. The normalized spacial score (nSPS) is 18.7. The van der Waals surface area contributed by atoms with Crippen molar-refractivity contribution in [1.82, 2.24) is 9.80 Å². The van der Waals surface area contributed by atoms with Crippen molar-refractivity contribution in [2.75, 3.05) is 32.7 Å². The van der Waals surface area contributed by atoms with E-state index in [1.54, 1.807) is 0 Å². The predicted molar refractivity (Wildman–Crippen MR) is 84.8 cm³/mol. The van der Waals surface area contributed by atoms with Gasteiger partial charge in [-0.1, -0.05) is 34.6 Å². The van der Waals surface area contributed by atoms with Gasteiger partial charge in [0, 0.05) is 43.9 Å². The molecule has 0 aromatic rings. The number of carbonyl (C=O) groups excluding carboxylic acids is 1. The first-order valence-corrected chi connectivity index (χ1v) is 7.74. The van der Waals surface area contributed by atoms with Crippen molar-refractivity contribution >= 4 is 18.5 Å². The molecule has 0 N–H and O–H groups in total. The van der Waals surface area contributed by atoms with Gasteiger partial charge < -0.3 is 4.90 Å². The Morgan fingerprint density at radius 1 is 1.05 bits per heavy atom. The maximum atomic E-state index is 12.1. The molecule has 1 heterocycles. The fourth-order valence-corrected chi connectivity index (χ4v) is 2.51. The molecule has 1 aliphatic heterocycles. The lowest BCUT2D eigenvalue weighted by Crippen LogP contribution is -2.50. The lowest BCUT2D eigenvalue weighted by Gasteiger charge is -2.38. The van der Waals surface area contributed by atoms with Crippen molar-refractivity contribution < 1.29 is 4.79 Å². The minimum Gasteiger partial charge on any atom is -0.340 e. The second-order valence-corrected chi connectivity index (χ2v) is 8.74. The predicted octanol–water partition coefficient (Wildman–Crippen LogP) is 2.67. The largest absolute Gasteiger partial charge is 0.340 e. The molecular formula is C15H30N2OS. The first kappa shape index (κ1) is 16.8. The van der Waals surface area contributed by atoms with Gasteiger partial charge in [-0.05, 0) is 11.8 Å². The monoisotopic (exact) mass is 286 g/mol. The van der Waals surface area contributed by atoms with Crippen LogP contribution < -0.4 is 0 Å². The van der Waals surface area contributed by atoms with Gasteiger partial charge in [0.2, 0.25) is 5.91 Å². The fourth-order valence-electron chi connectivity index (χ4n) is 2.40. The number of thiol groups is 1. The molecule has 4 heteroatoms. The van der Waals surface area contributed by atoms with E-state index in [9.17, 15) is 4.79 Å². The Labute approximate surface area is 124 Å². The number of hydrogen-bond donors (Lipinski definition) is 1. The Morgan fingerprint density at radius 3 is 2.00 bits per heavy atom. The average Bonchev–Trinajstić information content (AvgIpc) is 2.23. The SMILES string of the molecule is CC(C)(C)CN1CCN(C(=O)CCC(C)(C)S)CC1. The topological polar surface area (TPSA) is 23.6 Å². The van der Waals surface area contributed by atoms with E-state index in [0.29, 0.717) is 11.8 Å². The summed E-state index contributed by atoms with van der Waals surface area (Å²) in [6.45, 7) is 15.8. The van der Waals surface area contributed by atoms with Gasteiger partial charge in [0.25, 0.3) is 0 Å². The molecule has 1 amide bonds. The average molecular weight is 286 g/mol. The summed E-state index contributed by atoms with van der Waals surface area (Å²) in [5.74, 6) is 0.289. The molecule has 1 aliphatic rings. The molecule has 0 unspecified atom stereocenters. The van der Waals surface area contributed by atoms with E-state index in [2.05, 4.69) is 52.1 Å². The second kappa shape index (κ2) is 6.49. The van der Waals surface area contributed by atoms with Crippen LogP contribution >= 0.6 is 12.6 Å². The smallest absolute Gasteiger partial charge is 0.222 e. The molecule has 3 nitrogen and oxygen atoms in total. The number of amides is 1. The highest BCUT2D eigenvalue weighted by Gasteiger charge is 2.24. The highest BCUT2D eigenvalue weighted by atomic mass is 32.1. The number of carbonyl (C=O) groups is 1. The molecule has 0 bridgehead atoms. The number of hydrogen-bond acceptors (Lipinski definition) is 3. The molecule has 1 fully saturated rings. The lowest BCUT2D eigenvalue weighted by atomic mass is 9.96. The van der Waals surface area contributed by atoms with Crippen molar-refractivity contribution in [3.8, 4) is 0 Å². The van der Waals surface area contributed by atoms with E-state index in [0.717, 1.165) is 39.1 Å². The van der Waals surface area contributed by atoms with Gasteiger partial charge in [0.05, 0.1) is 0 Å². The highest BCUT2D eigenvalue weighted by molar-refractivity contribution is 7.81. The maximum Gasteiger partial charge on any atom is 0.222 e. The Bertz CT molecular complexity index is 296. The van der Waals surface area contributed by atoms with Crippen LogP contribution in [0.2, 0.25) is 0 Å². The maximum absolute atomic E-state index is 12.1. The molecule has 1 saturated heterocycles. The van der Waals surface area contributed by atoms with Crippen LogP contribution in [0.25, 0.3) is 0 Å². The van der Waals surface area contributed by atoms with Crippen molar-refractivity contribution in [1.29, 1.82) is 0 Å². The van der Waals surface area contributed by atoms with Gasteiger partial charge in [0.15, 0.2) is 0 Å². The molecule has 0 spiro atoms. The molecule has 19 heavy (non-hydrogen) atoms. The first-order chi connectivity index (χ1) is 8.57. The molecule has 0 radical (unpaired) electrons. The third-order valence-corrected chi connectivity index (χ3v) is 3.60. The summed E-state index contributed by atoms with van der Waals surface area (Å²) in [6.07, 6.45) is 1.47. The summed E-state index contributed by atoms with van der Waals surface area (Å²) in [6, 6.07) is 0. The minimum absolute atomic E-state index is 0.0519. The zero-order chi connectivity index (χ0) is 14.7. The van der Waals surface area contributed by atoms with Gasteiger partial charge in [0.1, 0.15) is 0 Å². The van der Waals surface area contributed by atoms with Crippen LogP contribution in [0.1, 0.15) is 47.5 Å². The molecule has 0 saturated carbocycles. The molecule has 0 aromatic heterocycles. The Kier molecular flexibility index (Phi) is 5.75. The van der Waals surface area contributed by atoms with Gasteiger partial charge in [-0.2, -0.15) is 12.6 Å². The molecule has 1 rings (SSSR count). The third kappa shape index (κ3) is 7.21. The van der Waals surface area contributed by atoms with Crippen molar-refractivity contribution in [3.05, 3.63) is 0 Å². The summed E-state index contributed by atoms with van der Waals surface area (Å²) >= 11 is 4.48. The third-order valence-electron chi connectivity index (χ3n) is 3.37. The summed E-state index contributed by atoms with van der Waals surface area (Å²) in [7, 11) is 0. The zero-order valence-corrected chi connectivity index (χ0v) is 14.1. The summed E-state index contributed by atoms with van der Waals surface area (Å²) in [5, 5.41) is 0. The lowest BCUT2D eigenvalue weighted by molar-refractivity contribution is -0.133. The van der Waals surface area contributed by atoms with E-state index in [1.807, 2.05) is 4.90 Å². The van der Waals surface area contributed by atoms with Crippen molar-refractivity contribution in [2.24, 2.45) is 5.41 Å². The summed E-state index contributed by atoms with van der Waals surface area (Å²) in [5.41, 5.74) is 0.336. The Balaban J connectivity index is 2.31. The number of rotatable bonds is 4. The minimum atomic E-state index is -0.0519. The molecule has 0 aliphatic carbocycles. The Hall–Kier alpha value is -0.220. The first-order valence-electron chi connectivity index (χ1n) is 7.29. The summed E-state index contributed by atoms with van der Waals surface area (Å²) in [4.78, 5) is 16.6. The van der Waals surface area contributed by atoms with E-state index < -0.39 is 0 Å². The molecule has 0 aromatic carbocycles. The number of nitrogens with zero attached hydrogens (tertiary/aromatic N) is 2. The van der Waals surface area contributed by atoms with E-state index in [-0.39, 0.29) is 10.7 Å². The highest BCUT2D eigenvalue weighted by Crippen LogP contribution is 2.20.